The number of para-hydroxylation sites is 2. The molecule has 1 amide bonds. The summed E-state index contributed by atoms with van der Waals surface area (Å²) in [6, 6.07) is 18.4. The monoisotopic (exact) mass is 420 g/mol. The minimum Gasteiger partial charge on any atom is -0.489 e. The van der Waals surface area contributed by atoms with E-state index in [0.717, 1.165) is 44.2 Å². The van der Waals surface area contributed by atoms with Crippen LogP contribution in [0.25, 0.3) is 0 Å². The number of rotatable bonds is 7. The number of aliphatic imine (C=N–C) groups is 1. The normalized spacial score (nSPS) is 19.5. The Kier molecular flexibility index (Phi) is 6.75. The third-order valence-corrected chi connectivity index (χ3v) is 6.08. The van der Waals surface area contributed by atoms with Crippen LogP contribution in [0.4, 0.5) is 5.69 Å². The molecule has 1 saturated heterocycles. The molecule has 0 spiro atoms. The minimum absolute atomic E-state index is 0.00831. The van der Waals surface area contributed by atoms with Crippen molar-refractivity contribution in [1.29, 1.82) is 0 Å². The van der Waals surface area contributed by atoms with Crippen LogP contribution in [-0.4, -0.2) is 56.1 Å². The number of ether oxygens (including phenoxy) is 1. The number of anilines is 1. The van der Waals surface area contributed by atoms with Crippen molar-refractivity contribution in [3.63, 3.8) is 0 Å². The van der Waals surface area contributed by atoms with Gasteiger partial charge in [0.05, 0.1) is 6.54 Å². The first-order valence-corrected chi connectivity index (χ1v) is 11.2. The van der Waals surface area contributed by atoms with E-state index in [1.165, 1.54) is 11.3 Å². The van der Waals surface area contributed by atoms with E-state index in [0.29, 0.717) is 24.8 Å². The first-order valence-electron chi connectivity index (χ1n) is 11.2. The van der Waals surface area contributed by atoms with Gasteiger partial charge in [0.15, 0.2) is 5.96 Å². The van der Waals surface area contributed by atoms with Crippen LogP contribution in [0.5, 0.6) is 5.75 Å². The maximum absolute atomic E-state index is 12.0. The number of amides is 1. The molecule has 0 aliphatic carbocycles. The Hall–Kier alpha value is -3.02. The molecule has 0 radical (unpaired) electrons. The minimum atomic E-state index is 0.00831. The van der Waals surface area contributed by atoms with Gasteiger partial charge in [-0.25, -0.2) is 0 Å². The molecule has 2 aromatic carbocycles. The van der Waals surface area contributed by atoms with E-state index in [9.17, 15) is 4.79 Å². The summed E-state index contributed by atoms with van der Waals surface area (Å²) in [6.45, 7) is 5.32. The van der Waals surface area contributed by atoms with Gasteiger partial charge in [0.25, 0.3) is 0 Å². The summed E-state index contributed by atoms with van der Waals surface area (Å²) in [5.74, 6) is 2.42. The Morgan fingerprint density at radius 3 is 2.71 bits per heavy atom. The fourth-order valence-corrected chi connectivity index (χ4v) is 4.50. The summed E-state index contributed by atoms with van der Waals surface area (Å²) in [4.78, 5) is 20.8. The zero-order valence-corrected chi connectivity index (χ0v) is 18.5. The number of guanidine groups is 1. The summed E-state index contributed by atoms with van der Waals surface area (Å²) in [5.41, 5.74) is 2.54. The predicted molar refractivity (Wildman–Crippen MR) is 125 cm³/mol. The van der Waals surface area contributed by atoms with Crippen LogP contribution in [0, 0.1) is 0 Å². The van der Waals surface area contributed by atoms with Gasteiger partial charge in [-0.2, -0.15) is 0 Å². The molecule has 31 heavy (non-hydrogen) atoms. The van der Waals surface area contributed by atoms with Gasteiger partial charge in [-0.3, -0.25) is 9.79 Å². The first kappa shape index (κ1) is 21.2. The van der Waals surface area contributed by atoms with E-state index < -0.39 is 0 Å². The number of nitrogens with zero attached hydrogens (tertiary/aromatic N) is 3. The van der Waals surface area contributed by atoms with E-state index >= 15 is 0 Å². The van der Waals surface area contributed by atoms with Gasteiger partial charge in [0, 0.05) is 44.7 Å². The highest BCUT2D eigenvalue weighted by Crippen LogP contribution is 2.38. The fourth-order valence-electron chi connectivity index (χ4n) is 4.50. The molecule has 164 valence electrons. The standard InChI is InChI=1S/C25H32N4O2/c1-19(31-21-9-4-3-5-10-21)17-27-25(26-2)29-18-20(22-11-6-7-12-23(22)29)14-16-28-15-8-13-24(28)30/h3-7,9-12,19-20H,8,13-18H2,1-2H3,(H,26,27). The predicted octanol–water partition coefficient (Wildman–Crippen LogP) is 3.65. The third kappa shape index (κ3) is 5.01. The van der Waals surface area contributed by atoms with Crippen molar-refractivity contribution in [3.8, 4) is 5.75 Å². The van der Waals surface area contributed by atoms with E-state index in [-0.39, 0.29) is 6.10 Å². The van der Waals surface area contributed by atoms with Crippen molar-refractivity contribution in [2.75, 3.05) is 38.1 Å². The summed E-state index contributed by atoms with van der Waals surface area (Å²) >= 11 is 0. The number of fused-ring (bicyclic) bond motifs is 1. The van der Waals surface area contributed by atoms with Gasteiger partial charge in [-0.05, 0) is 43.5 Å². The summed E-state index contributed by atoms with van der Waals surface area (Å²) in [5, 5.41) is 3.48. The van der Waals surface area contributed by atoms with Crippen LogP contribution >= 0.6 is 0 Å². The SMILES string of the molecule is CN=C(NCC(C)Oc1ccccc1)N1CC(CCN2CCCC2=O)c2ccccc21. The van der Waals surface area contributed by atoms with Crippen LogP contribution in [0.1, 0.15) is 37.7 Å². The zero-order valence-electron chi connectivity index (χ0n) is 18.5. The maximum atomic E-state index is 12.0. The number of carbonyl (C=O) groups is 1. The van der Waals surface area contributed by atoms with Crippen molar-refractivity contribution in [2.45, 2.75) is 38.2 Å². The van der Waals surface area contributed by atoms with Crippen LogP contribution in [0.2, 0.25) is 0 Å². The van der Waals surface area contributed by atoms with Crippen molar-refractivity contribution in [2.24, 2.45) is 4.99 Å². The second kappa shape index (κ2) is 9.86. The lowest BCUT2D eigenvalue weighted by molar-refractivity contribution is -0.127. The van der Waals surface area contributed by atoms with Crippen molar-refractivity contribution >= 4 is 17.6 Å². The lowest BCUT2D eigenvalue weighted by Gasteiger charge is -2.25. The second-order valence-electron chi connectivity index (χ2n) is 8.31. The van der Waals surface area contributed by atoms with Gasteiger partial charge in [-0.1, -0.05) is 36.4 Å². The molecule has 1 fully saturated rings. The molecule has 1 N–H and O–H groups in total. The molecule has 0 aromatic heterocycles. The molecule has 2 aliphatic heterocycles. The maximum Gasteiger partial charge on any atom is 0.222 e. The fraction of sp³-hybridized carbons (Fsp3) is 0.440. The molecule has 6 nitrogen and oxygen atoms in total. The Bertz CT molecular complexity index is 915. The summed E-state index contributed by atoms with van der Waals surface area (Å²) < 4.78 is 5.99. The topological polar surface area (TPSA) is 57.2 Å². The Labute approximate surface area is 184 Å². The van der Waals surface area contributed by atoms with Gasteiger partial charge in [-0.15, -0.1) is 0 Å². The van der Waals surface area contributed by atoms with Crippen molar-refractivity contribution in [3.05, 3.63) is 60.2 Å². The van der Waals surface area contributed by atoms with Crippen LogP contribution in [0.3, 0.4) is 0 Å². The Morgan fingerprint density at radius 2 is 1.97 bits per heavy atom. The highest BCUT2D eigenvalue weighted by atomic mass is 16.5. The smallest absolute Gasteiger partial charge is 0.222 e. The molecular formula is C25H32N4O2. The number of benzene rings is 2. The number of hydrogen-bond acceptors (Lipinski definition) is 3. The van der Waals surface area contributed by atoms with Crippen LogP contribution in [-0.2, 0) is 4.79 Å². The lowest BCUT2D eigenvalue weighted by Crippen LogP contribution is -2.44. The van der Waals surface area contributed by atoms with Crippen molar-refractivity contribution in [1.82, 2.24) is 10.2 Å². The molecular weight excluding hydrogens is 388 g/mol. The highest BCUT2D eigenvalue weighted by Gasteiger charge is 2.32. The molecule has 2 aromatic rings. The van der Waals surface area contributed by atoms with Gasteiger partial charge >= 0.3 is 0 Å². The van der Waals surface area contributed by atoms with Gasteiger partial charge < -0.3 is 19.9 Å². The van der Waals surface area contributed by atoms with Crippen molar-refractivity contribution < 1.29 is 9.53 Å². The second-order valence-corrected chi connectivity index (χ2v) is 8.31. The number of likely N-dealkylation sites (tertiary alicyclic amines) is 1. The van der Waals surface area contributed by atoms with Crippen LogP contribution < -0.4 is 15.0 Å². The van der Waals surface area contributed by atoms with Crippen LogP contribution in [0.15, 0.2) is 59.6 Å². The Morgan fingerprint density at radius 1 is 1.19 bits per heavy atom. The molecule has 0 saturated carbocycles. The quantitative estimate of drug-likeness (QED) is 0.549. The zero-order chi connectivity index (χ0) is 21.6. The molecule has 2 aliphatic rings. The first-order chi connectivity index (χ1) is 15.2. The summed E-state index contributed by atoms with van der Waals surface area (Å²) in [6.07, 6.45) is 2.68. The molecule has 4 rings (SSSR count). The van der Waals surface area contributed by atoms with E-state index in [1.54, 1.807) is 0 Å². The average Bonchev–Trinajstić information content (AvgIpc) is 3.37. The summed E-state index contributed by atoms with van der Waals surface area (Å²) in [7, 11) is 1.82. The van der Waals surface area contributed by atoms with E-state index in [2.05, 4.69) is 46.4 Å². The molecule has 0 bridgehead atoms. The molecule has 2 atom stereocenters. The van der Waals surface area contributed by atoms with E-state index in [1.807, 2.05) is 42.3 Å². The highest BCUT2D eigenvalue weighted by molar-refractivity contribution is 5.98. The van der Waals surface area contributed by atoms with Gasteiger partial charge in [0.1, 0.15) is 11.9 Å². The molecule has 6 heteroatoms. The number of hydrogen-bond donors (Lipinski definition) is 1. The number of carbonyl (C=O) groups excluding carboxylic acids is 1. The largest absolute Gasteiger partial charge is 0.489 e. The van der Waals surface area contributed by atoms with Gasteiger partial charge in [0.2, 0.25) is 5.91 Å². The molecule has 2 unspecified atom stereocenters. The molecule has 2 heterocycles. The average molecular weight is 421 g/mol. The van der Waals surface area contributed by atoms with E-state index in [4.69, 9.17) is 4.74 Å². The third-order valence-electron chi connectivity index (χ3n) is 6.08. The Balaban J connectivity index is 1.38. The number of nitrogens with one attached hydrogen (secondary N) is 1. The lowest BCUT2D eigenvalue weighted by atomic mass is 9.98.